The van der Waals surface area contributed by atoms with Gasteiger partial charge in [-0.2, -0.15) is 0 Å². The predicted molar refractivity (Wildman–Crippen MR) is 122 cm³/mol. The van der Waals surface area contributed by atoms with Gasteiger partial charge in [0.25, 0.3) is 11.8 Å². The molecule has 0 radical (unpaired) electrons. The number of aromatic nitrogens is 1. The SMILES string of the molecule is Cc1cc(/C=C2\C(=O)NC(=S)N(C)C2=O)c(C)n1-c1ccc(-c2ccccc2)cc1. The summed E-state index contributed by atoms with van der Waals surface area (Å²) in [7, 11) is 1.55. The summed E-state index contributed by atoms with van der Waals surface area (Å²) in [6.45, 7) is 3.98. The molecule has 1 aliphatic rings. The summed E-state index contributed by atoms with van der Waals surface area (Å²) in [5.74, 6) is -0.874. The van der Waals surface area contributed by atoms with Crippen molar-refractivity contribution in [2.75, 3.05) is 7.05 Å². The molecule has 2 aromatic carbocycles. The summed E-state index contributed by atoms with van der Waals surface area (Å²) >= 11 is 5.00. The van der Waals surface area contributed by atoms with E-state index in [0.717, 1.165) is 28.2 Å². The Morgan fingerprint density at radius 1 is 0.933 bits per heavy atom. The van der Waals surface area contributed by atoms with Crippen LogP contribution in [0.5, 0.6) is 0 Å². The van der Waals surface area contributed by atoms with Crippen molar-refractivity contribution < 1.29 is 9.59 Å². The van der Waals surface area contributed by atoms with Gasteiger partial charge in [0, 0.05) is 24.1 Å². The molecule has 2 heterocycles. The quantitative estimate of drug-likeness (QED) is 0.399. The first kappa shape index (κ1) is 19.8. The van der Waals surface area contributed by atoms with Crippen LogP contribution in [-0.2, 0) is 9.59 Å². The number of carbonyl (C=O) groups excluding carboxylic acids is 2. The lowest BCUT2D eigenvalue weighted by atomic mass is 10.1. The van der Waals surface area contributed by atoms with Crippen molar-refractivity contribution in [1.82, 2.24) is 14.8 Å². The van der Waals surface area contributed by atoms with E-state index in [1.54, 1.807) is 13.1 Å². The molecule has 150 valence electrons. The van der Waals surface area contributed by atoms with Crippen LogP contribution in [0.25, 0.3) is 22.9 Å². The predicted octanol–water partition coefficient (Wildman–Crippen LogP) is 4.02. The van der Waals surface area contributed by atoms with Crippen molar-refractivity contribution in [1.29, 1.82) is 0 Å². The molecule has 0 saturated carbocycles. The third-order valence-electron chi connectivity index (χ3n) is 5.31. The molecule has 0 unspecified atom stereocenters. The normalized spacial score (nSPS) is 15.6. The highest BCUT2D eigenvalue weighted by atomic mass is 32.1. The van der Waals surface area contributed by atoms with E-state index < -0.39 is 11.8 Å². The van der Waals surface area contributed by atoms with E-state index >= 15 is 0 Å². The summed E-state index contributed by atoms with van der Waals surface area (Å²) in [6, 6.07) is 20.5. The highest BCUT2D eigenvalue weighted by molar-refractivity contribution is 7.80. The van der Waals surface area contributed by atoms with Crippen LogP contribution in [0.1, 0.15) is 17.0 Å². The molecule has 1 aromatic heterocycles. The Bertz CT molecular complexity index is 1190. The van der Waals surface area contributed by atoms with E-state index in [1.165, 1.54) is 10.5 Å². The maximum Gasteiger partial charge on any atom is 0.265 e. The highest BCUT2D eigenvalue weighted by Crippen LogP contribution is 2.26. The van der Waals surface area contributed by atoms with Gasteiger partial charge in [0.15, 0.2) is 5.11 Å². The van der Waals surface area contributed by atoms with Crippen LogP contribution < -0.4 is 5.32 Å². The number of rotatable bonds is 3. The molecule has 1 aliphatic heterocycles. The molecule has 3 aromatic rings. The van der Waals surface area contributed by atoms with Crippen molar-refractivity contribution in [3.8, 4) is 16.8 Å². The average Bonchev–Trinajstić information content (AvgIpc) is 3.03. The standard InChI is InChI=1S/C24H21N3O2S/c1-15-13-19(14-21-22(28)25-24(30)26(3)23(21)29)16(2)27(15)20-11-9-18(10-12-20)17-7-5-4-6-8-17/h4-14H,1-3H3,(H,25,28,30)/b21-14+. The van der Waals surface area contributed by atoms with Gasteiger partial charge >= 0.3 is 0 Å². The number of nitrogens with one attached hydrogen (secondary N) is 1. The molecular formula is C24H21N3O2S. The minimum absolute atomic E-state index is 0.0748. The Morgan fingerprint density at radius 3 is 2.23 bits per heavy atom. The van der Waals surface area contributed by atoms with Gasteiger partial charge in [0.2, 0.25) is 0 Å². The Morgan fingerprint density at radius 2 is 1.57 bits per heavy atom. The molecule has 0 bridgehead atoms. The Hall–Kier alpha value is -3.51. The molecule has 2 amide bonds. The fourth-order valence-corrected chi connectivity index (χ4v) is 3.84. The Balaban J connectivity index is 1.70. The number of thiocarbonyl (C=S) groups is 1. The van der Waals surface area contributed by atoms with E-state index in [4.69, 9.17) is 12.2 Å². The number of hydrogen-bond acceptors (Lipinski definition) is 3. The van der Waals surface area contributed by atoms with Crippen LogP contribution in [0.15, 0.2) is 66.2 Å². The number of amides is 2. The minimum atomic E-state index is -0.472. The monoisotopic (exact) mass is 415 g/mol. The maximum absolute atomic E-state index is 12.5. The second-order valence-electron chi connectivity index (χ2n) is 7.26. The van der Waals surface area contributed by atoms with Gasteiger partial charge in [-0.05, 0) is 67.0 Å². The smallest absolute Gasteiger partial charge is 0.265 e. The van der Waals surface area contributed by atoms with Gasteiger partial charge in [-0.3, -0.25) is 19.8 Å². The summed E-state index contributed by atoms with van der Waals surface area (Å²) in [5, 5.41) is 2.66. The second kappa shape index (κ2) is 7.72. The minimum Gasteiger partial charge on any atom is -0.318 e. The van der Waals surface area contributed by atoms with E-state index in [-0.39, 0.29) is 10.7 Å². The second-order valence-corrected chi connectivity index (χ2v) is 7.64. The molecule has 4 rings (SSSR count). The number of carbonyl (C=O) groups is 2. The van der Waals surface area contributed by atoms with Crippen LogP contribution in [0, 0.1) is 13.8 Å². The van der Waals surface area contributed by atoms with Crippen LogP contribution in [0.4, 0.5) is 0 Å². The van der Waals surface area contributed by atoms with Gasteiger partial charge < -0.3 is 4.57 Å². The van der Waals surface area contributed by atoms with Crippen LogP contribution in [-0.4, -0.2) is 33.4 Å². The number of aryl methyl sites for hydroxylation is 1. The van der Waals surface area contributed by atoms with Gasteiger partial charge in [-0.15, -0.1) is 0 Å². The number of benzene rings is 2. The van der Waals surface area contributed by atoms with Crippen LogP contribution in [0.2, 0.25) is 0 Å². The average molecular weight is 416 g/mol. The zero-order valence-corrected chi connectivity index (χ0v) is 17.8. The molecule has 30 heavy (non-hydrogen) atoms. The van der Waals surface area contributed by atoms with Crippen molar-refractivity contribution in [3.63, 3.8) is 0 Å². The zero-order valence-electron chi connectivity index (χ0n) is 17.0. The van der Waals surface area contributed by atoms with Crippen molar-refractivity contribution >= 4 is 35.2 Å². The Kier molecular flexibility index (Phi) is 5.10. The van der Waals surface area contributed by atoms with Crippen LogP contribution in [0.3, 0.4) is 0 Å². The summed E-state index contributed by atoms with van der Waals surface area (Å²) < 4.78 is 2.11. The van der Waals surface area contributed by atoms with Crippen molar-refractivity contribution in [2.24, 2.45) is 0 Å². The molecular weight excluding hydrogens is 394 g/mol. The third-order valence-corrected chi connectivity index (χ3v) is 5.68. The first-order valence-corrected chi connectivity index (χ1v) is 9.97. The number of likely N-dealkylation sites (N-methyl/N-ethyl adjacent to an activating group) is 1. The number of hydrogen-bond donors (Lipinski definition) is 1. The van der Waals surface area contributed by atoms with Crippen LogP contribution >= 0.6 is 12.2 Å². The molecule has 0 atom stereocenters. The van der Waals surface area contributed by atoms with Crippen molar-refractivity contribution in [3.05, 3.63) is 83.2 Å². The lowest BCUT2D eigenvalue weighted by Crippen LogP contribution is -2.52. The molecule has 6 heteroatoms. The zero-order chi connectivity index (χ0) is 21.4. The summed E-state index contributed by atoms with van der Waals surface area (Å²) in [4.78, 5) is 26.1. The maximum atomic E-state index is 12.5. The largest absolute Gasteiger partial charge is 0.318 e. The molecule has 0 spiro atoms. The van der Waals surface area contributed by atoms with E-state index in [0.29, 0.717) is 0 Å². The fraction of sp³-hybridized carbons (Fsp3) is 0.125. The molecule has 1 fully saturated rings. The van der Waals surface area contributed by atoms with Gasteiger partial charge in [0.1, 0.15) is 5.57 Å². The molecule has 1 saturated heterocycles. The molecule has 5 nitrogen and oxygen atoms in total. The lowest BCUT2D eigenvalue weighted by Gasteiger charge is -2.25. The van der Waals surface area contributed by atoms with Gasteiger partial charge in [-0.1, -0.05) is 42.5 Å². The topological polar surface area (TPSA) is 54.3 Å². The summed E-state index contributed by atoms with van der Waals surface area (Å²) in [5.41, 5.74) is 6.19. The van der Waals surface area contributed by atoms with E-state index in [2.05, 4.69) is 46.3 Å². The van der Waals surface area contributed by atoms with E-state index in [9.17, 15) is 9.59 Å². The van der Waals surface area contributed by atoms with Gasteiger partial charge in [0.05, 0.1) is 0 Å². The van der Waals surface area contributed by atoms with Gasteiger partial charge in [-0.25, -0.2) is 0 Å². The summed E-state index contributed by atoms with van der Waals surface area (Å²) in [6.07, 6.45) is 1.63. The van der Waals surface area contributed by atoms with E-state index in [1.807, 2.05) is 38.1 Å². The first-order chi connectivity index (χ1) is 14.4. The Labute approximate surface area is 180 Å². The third kappa shape index (κ3) is 3.46. The fourth-order valence-electron chi connectivity index (χ4n) is 3.67. The highest BCUT2D eigenvalue weighted by Gasteiger charge is 2.31. The number of nitrogens with zero attached hydrogens (tertiary/aromatic N) is 2. The lowest BCUT2D eigenvalue weighted by molar-refractivity contribution is -0.128. The molecule has 1 N–H and O–H groups in total. The molecule has 0 aliphatic carbocycles. The van der Waals surface area contributed by atoms with Crippen molar-refractivity contribution in [2.45, 2.75) is 13.8 Å². The first-order valence-electron chi connectivity index (χ1n) is 9.56.